The molecule has 0 spiro atoms. The molecule has 1 atom stereocenters. The standard InChI is InChI=1S/C43H35FN6O5/c1-23(2)31-17-26(19-37-39(31)50(4)43(54)49(37)3)28-9-5-7-24-18-36(47-22-33(24)28)25-10-14-35(46-21-25)42(53)45-16-6-8-27-20-32-34(44)13-11-29(40(32)55-27)30-12-15-38(51)48-41(30)52/h5,7,9-11,13-14,17-23,30H,12,15-16H2,1-4H3,(H,45,53)(H,48,51,52). The summed E-state index contributed by atoms with van der Waals surface area (Å²) in [6.45, 7) is 4.23. The highest BCUT2D eigenvalue weighted by Crippen LogP contribution is 2.36. The molecule has 0 aliphatic carbocycles. The first kappa shape index (κ1) is 35.2. The molecule has 0 saturated carbocycles. The largest absolute Gasteiger partial charge is 0.447 e. The van der Waals surface area contributed by atoms with Gasteiger partial charge in [-0.3, -0.25) is 38.8 Å². The fourth-order valence-corrected chi connectivity index (χ4v) is 7.33. The number of carbonyl (C=O) groups is 3. The predicted octanol–water partition coefficient (Wildman–Crippen LogP) is 6.46. The summed E-state index contributed by atoms with van der Waals surface area (Å²) >= 11 is 0. The molecule has 1 aliphatic heterocycles. The quantitative estimate of drug-likeness (QED) is 0.148. The number of aryl methyl sites for hydroxylation is 2. The van der Waals surface area contributed by atoms with E-state index in [1.165, 1.54) is 18.2 Å². The molecule has 0 bridgehead atoms. The molecule has 1 saturated heterocycles. The zero-order valence-corrected chi connectivity index (χ0v) is 30.5. The summed E-state index contributed by atoms with van der Waals surface area (Å²) < 4.78 is 23.9. The Morgan fingerprint density at radius 3 is 2.58 bits per heavy atom. The van der Waals surface area contributed by atoms with E-state index in [4.69, 9.17) is 9.40 Å². The highest BCUT2D eigenvalue weighted by Gasteiger charge is 2.31. The first-order chi connectivity index (χ1) is 26.5. The van der Waals surface area contributed by atoms with Crippen molar-refractivity contribution in [3.63, 3.8) is 0 Å². The van der Waals surface area contributed by atoms with Gasteiger partial charge in [0, 0.05) is 55.5 Å². The van der Waals surface area contributed by atoms with Gasteiger partial charge in [-0.1, -0.05) is 44.0 Å². The normalized spacial score (nSPS) is 14.4. The first-order valence-corrected chi connectivity index (χ1v) is 17.9. The van der Waals surface area contributed by atoms with Crippen molar-refractivity contribution in [3.05, 3.63) is 118 Å². The number of aromatic nitrogens is 4. The van der Waals surface area contributed by atoms with E-state index in [2.05, 4.69) is 59.5 Å². The second-order valence-corrected chi connectivity index (χ2v) is 14.0. The number of pyridine rings is 2. The van der Waals surface area contributed by atoms with Crippen LogP contribution in [0, 0.1) is 17.7 Å². The van der Waals surface area contributed by atoms with Gasteiger partial charge in [0.25, 0.3) is 5.91 Å². The third-order valence-electron chi connectivity index (χ3n) is 10.2. The SMILES string of the molecule is CC(C)c1cc(-c2cccc3cc(-c4ccc(C(=O)NCC#Cc5cc6c(F)ccc(C7CCC(=O)NC7=O)c6o5)nc4)ncc23)cc2c1n(C)c(=O)n2C. The lowest BCUT2D eigenvalue weighted by atomic mass is 9.89. The van der Waals surface area contributed by atoms with E-state index in [-0.39, 0.29) is 52.9 Å². The minimum atomic E-state index is -0.644. The summed E-state index contributed by atoms with van der Waals surface area (Å²) in [7, 11) is 3.60. The van der Waals surface area contributed by atoms with Crippen molar-refractivity contribution in [1.82, 2.24) is 29.7 Å². The van der Waals surface area contributed by atoms with Crippen molar-refractivity contribution < 1.29 is 23.2 Å². The molecule has 5 heterocycles. The third-order valence-corrected chi connectivity index (χ3v) is 10.2. The summed E-state index contributed by atoms with van der Waals surface area (Å²) in [6.07, 6.45) is 3.92. The number of piperidine rings is 1. The number of imidazole rings is 1. The van der Waals surface area contributed by atoms with E-state index >= 15 is 0 Å². The zero-order valence-electron chi connectivity index (χ0n) is 30.5. The molecule has 11 nitrogen and oxygen atoms in total. The Bertz CT molecular complexity index is 2860. The molecule has 2 N–H and O–H groups in total. The topological polar surface area (TPSA) is 141 Å². The number of fused-ring (bicyclic) bond motifs is 3. The molecule has 3 aromatic carbocycles. The summed E-state index contributed by atoms with van der Waals surface area (Å²) in [5, 5.41) is 7.16. The van der Waals surface area contributed by atoms with Crippen molar-refractivity contribution in [2.24, 2.45) is 14.1 Å². The van der Waals surface area contributed by atoms with Crippen LogP contribution in [0.1, 0.15) is 65.9 Å². The molecular formula is C43H35FN6O5. The number of amides is 3. The molecule has 8 rings (SSSR count). The lowest BCUT2D eigenvalue weighted by molar-refractivity contribution is -0.134. The third kappa shape index (κ3) is 6.33. The van der Waals surface area contributed by atoms with E-state index in [1.807, 2.05) is 31.4 Å². The minimum Gasteiger partial charge on any atom is -0.447 e. The second-order valence-electron chi connectivity index (χ2n) is 14.0. The van der Waals surface area contributed by atoms with Crippen LogP contribution in [0.15, 0.2) is 88.3 Å². The van der Waals surface area contributed by atoms with Gasteiger partial charge in [-0.15, -0.1) is 0 Å². The lowest BCUT2D eigenvalue weighted by Crippen LogP contribution is -2.39. The van der Waals surface area contributed by atoms with Crippen LogP contribution in [0.3, 0.4) is 0 Å². The van der Waals surface area contributed by atoms with Crippen molar-refractivity contribution in [2.75, 3.05) is 6.54 Å². The minimum absolute atomic E-state index is 0.0253. The second kappa shape index (κ2) is 13.8. The molecule has 1 unspecified atom stereocenters. The highest BCUT2D eigenvalue weighted by atomic mass is 19.1. The summed E-state index contributed by atoms with van der Waals surface area (Å²) in [5.74, 6) is 3.61. The Hall–Kier alpha value is -6.87. The molecule has 1 fully saturated rings. The Morgan fingerprint density at radius 1 is 0.982 bits per heavy atom. The number of nitrogens with one attached hydrogen (secondary N) is 2. The molecule has 7 aromatic rings. The van der Waals surface area contributed by atoms with Crippen LogP contribution in [0.2, 0.25) is 0 Å². The lowest BCUT2D eigenvalue weighted by Gasteiger charge is -2.21. The van der Waals surface area contributed by atoms with Crippen molar-refractivity contribution in [3.8, 4) is 34.2 Å². The maximum atomic E-state index is 14.6. The Balaban J connectivity index is 0.975. The van der Waals surface area contributed by atoms with Gasteiger partial charge in [-0.05, 0) is 76.7 Å². The predicted molar refractivity (Wildman–Crippen MR) is 207 cm³/mol. The van der Waals surface area contributed by atoms with Gasteiger partial charge >= 0.3 is 5.69 Å². The maximum absolute atomic E-state index is 14.6. The molecular weight excluding hydrogens is 700 g/mol. The van der Waals surface area contributed by atoms with Crippen LogP contribution < -0.4 is 16.3 Å². The molecule has 1 aliphatic rings. The Kier molecular flexibility index (Phi) is 8.85. The average molecular weight is 735 g/mol. The first-order valence-electron chi connectivity index (χ1n) is 17.9. The molecule has 4 aromatic heterocycles. The van der Waals surface area contributed by atoms with Gasteiger partial charge in [0.2, 0.25) is 11.8 Å². The van der Waals surface area contributed by atoms with Crippen LogP contribution in [0.25, 0.3) is 55.2 Å². The van der Waals surface area contributed by atoms with E-state index in [0.29, 0.717) is 17.7 Å². The van der Waals surface area contributed by atoms with Gasteiger partial charge in [0.05, 0.1) is 34.6 Å². The molecule has 55 heavy (non-hydrogen) atoms. The van der Waals surface area contributed by atoms with Crippen molar-refractivity contribution in [1.29, 1.82) is 0 Å². The van der Waals surface area contributed by atoms with Crippen LogP contribution in [0.4, 0.5) is 4.39 Å². The fraction of sp³-hybridized carbons (Fsp3) is 0.209. The molecule has 12 heteroatoms. The van der Waals surface area contributed by atoms with E-state index < -0.39 is 23.5 Å². The summed E-state index contributed by atoms with van der Waals surface area (Å²) in [4.78, 5) is 58.9. The number of nitrogens with zero attached hydrogens (tertiary/aromatic N) is 4. The van der Waals surface area contributed by atoms with Crippen molar-refractivity contribution in [2.45, 2.75) is 38.5 Å². The fourth-order valence-electron chi connectivity index (χ4n) is 7.33. The summed E-state index contributed by atoms with van der Waals surface area (Å²) in [6, 6.07) is 19.9. The van der Waals surface area contributed by atoms with Crippen LogP contribution in [0.5, 0.6) is 0 Å². The van der Waals surface area contributed by atoms with Crippen LogP contribution >= 0.6 is 0 Å². The van der Waals surface area contributed by atoms with Gasteiger partial charge < -0.3 is 9.73 Å². The number of rotatable bonds is 6. The average Bonchev–Trinajstić information content (AvgIpc) is 3.71. The van der Waals surface area contributed by atoms with Crippen LogP contribution in [-0.4, -0.2) is 43.4 Å². The van der Waals surface area contributed by atoms with E-state index in [1.54, 1.807) is 34.5 Å². The summed E-state index contributed by atoms with van der Waals surface area (Å²) in [5.41, 5.74) is 7.18. The maximum Gasteiger partial charge on any atom is 0.328 e. The number of furan rings is 1. The molecule has 0 radical (unpaired) electrons. The van der Waals surface area contributed by atoms with E-state index in [0.717, 1.165) is 44.1 Å². The Morgan fingerprint density at radius 2 is 1.82 bits per heavy atom. The number of carbonyl (C=O) groups excluding carboxylic acids is 3. The van der Waals surface area contributed by atoms with Gasteiger partial charge in [0.1, 0.15) is 17.1 Å². The smallest absolute Gasteiger partial charge is 0.328 e. The number of hydrogen-bond acceptors (Lipinski definition) is 7. The highest BCUT2D eigenvalue weighted by molar-refractivity contribution is 6.03. The number of benzene rings is 3. The number of halogens is 1. The van der Waals surface area contributed by atoms with Gasteiger partial charge in [-0.2, -0.15) is 0 Å². The Labute approximate surface area is 314 Å². The van der Waals surface area contributed by atoms with Gasteiger partial charge in [0.15, 0.2) is 5.76 Å². The number of imide groups is 1. The van der Waals surface area contributed by atoms with Gasteiger partial charge in [-0.25, -0.2) is 9.18 Å². The molecule has 274 valence electrons. The molecule has 3 amide bonds. The van der Waals surface area contributed by atoms with Crippen LogP contribution in [-0.2, 0) is 23.7 Å². The monoisotopic (exact) mass is 734 g/mol. The zero-order chi connectivity index (χ0) is 38.5. The van der Waals surface area contributed by atoms with Crippen molar-refractivity contribution >= 4 is 50.5 Å². The number of hydrogen-bond donors (Lipinski definition) is 2. The van der Waals surface area contributed by atoms with E-state index in [9.17, 15) is 23.6 Å².